The Labute approximate surface area is 98.7 Å². The summed E-state index contributed by atoms with van der Waals surface area (Å²) in [5, 5.41) is 3.84. The maximum atomic E-state index is 4.75. The number of rotatable bonds is 2. The fourth-order valence-electron chi connectivity index (χ4n) is 1.77. The third-order valence-corrected chi connectivity index (χ3v) is 2.59. The highest BCUT2D eigenvalue weighted by atomic mass is 16.5. The molecule has 17 heavy (non-hydrogen) atoms. The predicted octanol–water partition coefficient (Wildman–Crippen LogP) is 3.40. The summed E-state index contributed by atoms with van der Waals surface area (Å²) in [5.41, 5.74) is 3.28. The van der Waals surface area contributed by atoms with Gasteiger partial charge in [-0.15, -0.1) is 0 Å². The minimum atomic E-state index is 0.614. The number of hydrogen-bond acceptors (Lipinski definition) is 3. The van der Waals surface area contributed by atoms with Crippen LogP contribution in [-0.4, -0.2) is 10.1 Å². The molecule has 0 aliphatic carbocycles. The number of aromatic nitrogens is 2. The maximum Gasteiger partial charge on any atom is 0.214 e. The molecule has 0 aliphatic heterocycles. The van der Waals surface area contributed by atoms with Gasteiger partial charge in [-0.3, -0.25) is 0 Å². The smallest absolute Gasteiger partial charge is 0.214 e. The first-order valence-corrected chi connectivity index (χ1v) is 5.36. The van der Waals surface area contributed by atoms with Crippen molar-refractivity contribution in [3.05, 3.63) is 61.0 Å². The second kappa shape index (κ2) is 4.22. The standard InChI is InChI=1S/C14H10N2O/c1-2-5-11(6-3-1)12-7-4-8-13(9-12)14-15-10-17-16-14/h1-10H. The molecule has 0 fully saturated rings. The van der Waals surface area contributed by atoms with Crippen molar-refractivity contribution in [3.63, 3.8) is 0 Å². The molecule has 0 bridgehead atoms. The lowest BCUT2D eigenvalue weighted by molar-refractivity contribution is 0.419. The molecule has 0 aliphatic rings. The second-order valence-corrected chi connectivity index (χ2v) is 3.70. The van der Waals surface area contributed by atoms with Crippen molar-refractivity contribution in [2.75, 3.05) is 0 Å². The Bertz CT molecular complexity index is 603. The molecule has 0 saturated heterocycles. The van der Waals surface area contributed by atoms with E-state index in [1.165, 1.54) is 12.0 Å². The lowest BCUT2D eigenvalue weighted by atomic mass is 10.0. The summed E-state index contributed by atoms with van der Waals surface area (Å²) in [5.74, 6) is 0.614. The Morgan fingerprint density at radius 2 is 1.53 bits per heavy atom. The van der Waals surface area contributed by atoms with E-state index in [1.807, 2.05) is 30.3 Å². The lowest BCUT2D eigenvalue weighted by Gasteiger charge is -2.02. The molecule has 0 saturated carbocycles. The predicted molar refractivity (Wildman–Crippen MR) is 65.2 cm³/mol. The summed E-state index contributed by atoms with van der Waals surface area (Å²) in [7, 11) is 0. The highest BCUT2D eigenvalue weighted by molar-refractivity contribution is 5.69. The average Bonchev–Trinajstić information content (AvgIpc) is 2.94. The second-order valence-electron chi connectivity index (χ2n) is 3.70. The molecule has 2 aromatic carbocycles. The van der Waals surface area contributed by atoms with Crippen molar-refractivity contribution in [3.8, 4) is 22.5 Å². The van der Waals surface area contributed by atoms with Crippen molar-refractivity contribution in [1.29, 1.82) is 0 Å². The molecule has 3 nitrogen and oxygen atoms in total. The highest BCUT2D eigenvalue weighted by Gasteiger charge is 2.04. The fourth-order valence-corrected chi connectivity index (χ4v) is 1.77. The van der Waals surface area contributed by atoms with Gasteiger partial charge in [0.05, 0.1) is 0 Å². The molecule has 0 atom stereocenters. The van der Waals surface area contributed by atoms with Crippen LogP contribution in [0.2, 0.25) is 0 Å². The Balaban J connectivity index is 2.06. The minimum Gasteiger partial charge on any atom is -0.342 e. The topological polar surface area (TPSA) is 38.9 Å². The molecule has 1 heterocycles. The van der Waals surface area contributed by atoms with Crippen molar-refractivity contribution >= 4 is 0 Å². The number of benzene rings is 2. The largest absolute Gasteiger partial charge is 0.342 e. The molecule has 0 radical (unpaired) electrons. The van der Waals surface area contributed by atoms with Crippen LogP contribution in [-0.2, 0) is 0 Å². The fraction of sp³-hybridized carbons (Fsp3) is 0. The molecule has 0 unspecified atom stereocenters. The Hall–Kier alpha value is -2.42. The van der Waals surface area contributed by atoms with Crippen molar-refractivity contribution in [1.82, 2.24) is 10.1 Å². The van der Waals surface area contributed by atoms with E-state index in [4.69, 9.17) is 4.52 Å². The van der Waals surface area contributed by atoms with Crippen LogP contribution in [0.15, 0.2) is 65.5 Å². The zero-order chi connectivity index (χ0) is 11.5. The van der Waals surface area contributed by atoms with Gasteiger partial charge < -0.3 is 4.52 Å². The van der Waals surface area contributed by atoms with Crippen LogP contribution in [0.3, 0.4) is 0 Å². The van der Waals surface area contributed by atoms with Gasteiger partial charge >= 0.3 is 0 Å². The summed E-state index contributed by atoms with van der Waals surface area (Å²) in [6, 6.07) is 18.3. The Morgan fingerprint density at radius 1 is 0.765 bits per heavy atom. The summed E-state index contributed by atoms with van der Waals surface area (Å²) in [6.07, 6.45) is 1.34. The average molecular weight is 222 g/mol. The van der Waals surface area contributed by atoms with Crippen molar-refractivity contribution < 1.29 is 4.52 Å². The van der Waals surface area contributed by atoms with E-state index < -0.39 is 0 Å². The van der Waals surface area contributed by atoms with E-state index in [0.29, 0.717) is 5.82 Å². The molecule has 0 spiro atoms. The first-order chi connectivity index (χ1) is 8.43. The highest BCUT2D eigenvalue weighted by Crippen LogP contribution is 2.23. The van der Waals surface area contributed by atoms with Crippen LogP contribution in [0.5, 0.6) is 0 Å². The van der Waals surface area contributed by atoms with Crippen LogP contribution in [0.25, 0.3) is 22.5 Å². The third-order valence-electron chi connectivity index (χ3n) is 2.59. The molecule has 0 amide bonds. The van der Waals surface area contributed by atoms with Crippen LogP contribution in [0.4, 0.5) is 0 Å². The van der Waals surface area contributed by atoms with Crippen LogP contribution in [0.1, 0.15) is 0 Å². The monoisotopic (exact) mass is 222 g/mol. The van der Waals surface area contributed by atoms with Gasteiger partial charge in [-0.25, -0.2) is 0 Å². The zero-order valence-electron chi connectivity index (χ0n) is 9.08. The Kier molecular flexibility index (Phi) is 2.43. The SMILES string of the molecule is c1ccc(-c2cccc(-c3ncon3)c2)cc1. The van der Waals surface area contributed by atoms with Gasteiger partial charge in [-0.1, -0.05) is 53.7 Å². The number of hydrogen-bond donors (Lipinski definition) is 0. The Morgan fingerprint density at radius 3 is 2.29 bits per heavy atom. The van der Waals surface area contributed by atoms with E-state index >= 15 is 0 Å². The third kappa shape index (κ3) is 1.95. The van der Waals surface area contributed by atoms with Gasteiger partial charge in [0, 0.05) is 5.56 Å². The first kappa shape index (κ1) is 9.78. The van der Waals surface area contributed by atoms with Gasteiger partial charge in [0.1, 0.15) is 0 Å². The zero-order valence-corrected chi connectivity index (χ0v) is 9.08. The summed E-state index contributed by atoms with van der Waals surface area (Å²) in [6.45, 7) is 0. The van der Waals surface area contributed by atoms with Crippen LogP contribution >= 0.6 is 0 Å². The van der Waals surface area contributed by atoms with E-state index in [9.17, 15) is 0 Å². The maximum absolute atomic E-state index is 4.75. The van der Waals surface area contributed by atoms with Crippen LogP contribution in [0, 0.1) is 0 Å². The molecule has 3 aromatic rings. The van der Waals surface area contributed by atoms with Gasteiger partial charge in [0.25, 0.3) is 0 Å². The van der Waals surface area contributed by atoms with E-state index in [1.54, 1.807) is 0 Å². The van der Waals surface area contributed by atoms with Crippen molar-refractivity contribution in [2.45, 2.75) is 0 Å². The quantitative estimate of drug-likeness (QED) is 0.667. The molecule has 0 N–H and O–H groups in total. The molecule has 1 aromatic heterocycles. The molecule has 3 rings (SSSR count). The molecule has 82 valence electrons. The van der Waals surface area contributed by atoms with Gasteiger partial charge in [0.15, 0.2) is 0 Å². The van der Waals surface area contributed by atoms with Gasteiger partial charge in [-0.2, -0.15) is 4.98 Å². The summed E-state index contributed by atoms with van der Waals surface area (Å²) in [4.78, 5) is 4.04. The van der Waals surface area contributed by atoms with Crippen molar-refractivity contribution in [2.24, 2.45) is 0 Å². The van der Waals surface area contributed by atoms with Crippen LogP contribution < -0.4 is 0 Å². The van der Waals surface area contributed by atoms with E-state index in [2.05, 4.69) is 34.4 Å². The molecular formula is C14H10N2O. The molecular weight excluding hydrogens is 212 g/mol. The van der Waals surface area contributed by atoms with Gasteiger partial charge in [0.2, 0.25) is 12.2 Å². The summed E-state index contributed by atoms with van der Waals surface area (Å²) >= 11 is 0. The lowest BCUT2D eigenvalue weighted by Crippen LogP contribution is -1.82. The molecule has 3 heteroatoms. The first-order valence-electron chi connectivity index (χ1n) is 5.36. The minimum absolute atomic E-state index is 0.614. The van der Waals surface area contributed by atoms with E-state index in [0.717, 1.165) is 11.1 Å². The normalized spacial score (nSPS) is 10.4. The van der Waals surface area contributed by atoms with E-state index in [-0.39, 0.29) is 0 Å². The summed E-state index contributed by atoms with van der Waals surface area (Å²) < 4.78 is 4.75. The van der Waals surface area contributed by atoms with Gasteiger partial charge in [-0.05, 0) is 17.2 Å². The number of nitrogens with zero attached hydrogens (tertiary/aromatic N) is 2.